The van der Waals surface area contributed by atoms with Crippen molar-refractivity contribution in [1.82, 2.24) is 5.32 Å². The molecule has 0 aliphatic carbocycles. The average Bonchev–Trinajstić information content (AvgIpc) is 2.42. The van der Waals surface area contributed by atoms with Crippen LogP contribution in [0.5, 0.6) is 0 Å². The van der Waals surface area contributed by atoms with Crippen molar-refractivity contribution >= 4 is 35.4 Å². The van der Waals surface area contributed by atoms with Gasteiger partial charge in [-0.05, 0) is 0 Å². The fourth-order valence-corrected chi connectivity index (χ4v) is 2.62. The second-order valence-electron chi connectivity index (χ2n) is 5.20. The molecule has 0 aromatic heterocycles. The van der Waals surface area contributed by atoms with Crippen molar-refractivity contribution < 1.29 is 38.1 Å². The summed E-state index contributed by atoms with van der Waals surface area (Å²) in [5.74, 6) is -2.33. The summed E-state index contributed by atoms with van der Waals surface area (Å²) in [7, 11) is 0. The van der Waals surface area contributed by atoms with E-state index in [1.54, 1.807) is 0 Å². The SMILES string of the molecule is CC(=O)N[C@H]1[C@H](OC(C)=O)[C@@H](OC(C)=O)[C@@H](COC(C)=O)O[C@H]1Cl. The smallest absolute Gasteiger partial charge is 0.303 e. The molecule has 1 saturated heterocycles. The number of hydrogen-bond acceptors (Lipinski definition) is 8. The quantitative estimate of drug-likeness (QED) is 0.407. The first-order chi connectivity index (χ1) is 11.1. The van der Waals surface area contributed by atoms with Gasteiger partial charge >= 0.3 is 17.9 Å². The van der Waals surface area contributed by atoms with Crippen LogP contribution in [0.4, 0.5) is 0 Å². The van der Waals surface area contributed by atoms with Crippen LogP contribution in [0.25, 0.3) is 0 Å². The molecule has 0 unspecified atom stereocenters. The third kappa shape index (κ3) is 5.97. The van der Waals surface area contributed by atoms with E-state index in [1.807, 2.05) is 0 Å². The molecule has 5 atom stereocenters. The zero-order valence-electron chi connectivity index (χ0n) is 13.7. The van der Waals surface area contributed by atoms with Gasteiger partial charge in [-0.25, -0.2) is 0 Å². The monoisotopic (exact) mass is 365 g/mol. The van der Waals surface area contributed by atoms with Gasteiger partial charge in [0.05, 0.1) is 0 Å². The standard InChI is InChI=1S/C14H20ClNO8/c1-6(17)16-11-13(23-9(4)20)12(22-8(3)19)10(24-14(11)15)5-21-7(2)18/h10-14H,5H2,1-4H3,(H,16,17)/t10-,11+,12+,13+,14-/m1/s1. The average molecular weight is 366 g/mol. The first-order valence-corrected chi connectivity index (χ1v) is 7.60. The van der Waals surface area contributed by atoms with Crippen molar-refractivity contribution in [2.24, 2.45) is 0 Å². The van der Waals surface area contributed by atoms with Gasteiger partial charge in [0, 0.05) is 27.7 Å². The fraction of sp³-hybridized carbons (Fsp3) is 0.714. The highest BCUT2D eigenvalue weighted by molar-refractivity contribution is 6.20. The molecule has 0 saturated carbocycles. The maximum Gasteiger partial charge on any atom is 0.303 e. The van der Waals surface area contributed by atoms with Gasteiger partial charge in [-0.1, -0.05) is 11.6 Å². The van der Waals surface area contributed by atoms with Gasteiger partial charge in [0.25, 0.3) is 0 Å². The lowest BCUT2D eigenvalue weighted by atomic mass is 9.97. The summed E-state index contributed by atoms with van der Waals surface area (Å²) in [4.78, 5) is 45.2. The Morgan fingerprint density at radius 1 is 0.958 bits per heavy atom. The summed E-state index contributed by atoms with van der Waals surface area (Å²) >= 11 is 6.11. The molecule has 9 nitrogen and oxygen atoms in total. The van der Waals surface area contributed by atoms with E-state index in [0.29, 0.717) is 0 Å². The lowest BCUT2D eigenvalue weighted by Gasteiger charge is -2.43. The molecule has 1 rings (SSSR count). The molecule has 1 aliphatic rings. The van der Waals surface area contributed by atoms with Gasteiger partial charge in [-0.2, -0.15) is 0 Å². The first kappa shape index (κ1) is 20.2. The molecule has 10 heteroatoms. The molecular formula is C14H20ClNO8. The van der Waals surface area contributed by atoms with E-state index in [4.69, 9.17) is 30.5 Å². The maximum atomic E-state index is 11.4. The summed E-state index contributed by atoms with van der Waals surface area (Å²) in [6.45, 7) is 4.51. The molecule has 1 fully saturated rings. The van der Waals surface area contributed by atoms with E-state index < -0.39 is 53.7 Å². The molecule has 0 spiro atoms. The Bertz CT molecular complexity index is 511. The van der Waals surface area contributed by atoms with E-state index in [-0.39, 0.29) is 6.61 Å². The number of esters is 3. The van der Waals surface area contributed by atoms with Gasteiger partial charge in [-0.15, -0.1) is 0 Å². The van der Waals surface area contributed by atoms with Crippen molar-refractivity contribution in [3.05, 3.63) is 0 Å². The normalized spacial score (nSPS) is 29.3. The molecule has 1 heterocycles. The molecule has 0 bridgehead atoms. The van der Waals surface area contributed by atoms with Crippen molar-refractivity contribution in [2.45, 2.75) is 57.6 Å². The molecule has 136 valence electrons. The Morgan fingerprint density at radius 2 is 1.50 bits per heavy atom. The number of rotatable bonds is 5. The largest absolute Gasteiger partial charge is 0.463 e. The van der Waals surface area contributed by atoms with E-state index in [9.17, 15) is 19.2 Å². The Balaban J connectivity index is 3.11. The van der Waals surface area contributed by atoms with Crippen molar-refractivity contribution in [2.75, 3.05) is 6.61 Å². The van der Waals surface area contributed by atoms with Gasteiger partial charge in [0.2, 0.25) is 5.91 Å². The Labute approximate surface area is 143 Å². The lowest BCUT2D eigenvalue weighted by Crippen LogP contribution is -2.64. The number of alkyl halides is 1. The number of nitrogens with one attached hydrogen (secondary N) is 1. The third-order valence-corrected chi connectivity index (χ3v) is 3.43. The van der Waals surface area contributed by atoms with Crippen molar-refractivity contribution in [3.63, 3.8) is 0 Å². The Hall–Kier alpha value is -1.87. The second kappa shape index (κ2) is 8.84. The highest BCUT2D eigenvalue weighted by Crippen LogP contribution is 2.28. The van der Waals surface area contributed by atoms with Crippen LogP contribution in [0.2, 0.25) is 0 Å². The molecule has 1 aliphatic heterocycles. The molecule has 0 aromatic rings. The lowest BCUT2D eigenvalue weighted by molar-refractivity contribution is -0.212. The van der Waals surface area contributed by atoms with Crippen LogP contribution < -0.4 is 5.32 Å². The van der Waals surface area contributed by atoms with Crippen LogP contribution >= 0.6 is 11.6 Å². The van der Waals surface area contributed by atoms with Crippen LogP contribution in [0.1, 0.15) is 27.7 Å². The molecular weight excluding hydrogens is 346 g/mol. The van der Waals surface area contributed by atoms with Crippen LogP contribution in [0.15, 0.2) is 0 Å². The van der Waals surface area contributed by atoms with E-state index in [2.05, 4.69) is 5.32 Å². The van der Waals surface area contributed by atoms with Gasteiger partial charge < -0.3 is 24.3 Å². The Morgan fingerprint density at radius 3 is 1.96 bits per heavy atom. The molecule has 0 radical (unpaired) electrons. The zero-order valence-corrected chi connectivity index (χ0v) is 14.5. The van der Waals surface area contributed by atoms with E-state index in [0.717, 1.165) is 13.8 Å². The van der Waals surface area contributed by atoms with E-state index in [1.165, 1.54) is 13.8 Å². The number of carbonyl (C=O) groups excluding carboxylic acids is 4. The number of hydrogen-bond donors (Lipinski definition) is 1. The number of ether oxygens (including phenoxy) is 4. The summed E-state index contributed by atoms with van der Waals surface area (Å²) < 4.78 is 20.7. The van der Waals surface area contributed by atoms with Crippen molar-refractivity contribution in [3.8, 4) is 0 Å². The summed E-state index contributed by atoms with van der Waals surface area (Å²) in [5.41, 5.74) is -1.09. The van der Waals surface area contributed by atoms with Gasteiger partial charge in [0.1, 0.15) is 18.8 Å². The minimum absolute atomic E-state index is 0.263. The second-order valence-corrected chi connectivity index (χ2v) is 5.63. The van der Waals surface area contributed by atoms with Crippen LogP contribution in [-0.4, -0.2) is 60.3 Å². The first-order valence-electron chi connectivity index (χ1n) is 7.16. The van der Waals surface area contributed by atoms with Gasteiger partial charge in [-0.3, -0.25) is 19.2 Å². The summed E-state index contributed by atoms with van der Waals surface area (Å²) in [6, 6.07) is -0.953. The third-order valence-electron chi connectivity index (χ3n) is 3.06. The minimum atomic E-state index is -1.11. The predicted octanol–water partition coefficient (Wildman–Crippen LogP) is -0.119. The van der Waals surface area contributed by atoms with Crippen LogP contribution in [0, 0.1) is 0 Å². The number of carbonyl (C=O) groups is 4. The van der Waals surface area contributed by atoms with Crippen LogP contribution in [-0.2, 0) is 38.1 Å². The molecule has 24 heavy (non-hydrogen) atoms. The van der Waals surface area contributed by atoms with Gasteiger partial charge in [0.15, 0.2) is 17.8 Å². The highest BCUT2D eigenvalue weighted by Gasteiger charge is 2.50. The summed E-state index contributed by atoms with van der Waals surface area (Å²) in [5, 5.41) is 2.50. The topological polar surface area (TPSA) is 117 Å². The predicted molar refractivity (Wildman–Crippen MR) is 79.9 cm³/mol. The maximum absolute atomic E-state index is 11.4. The fourth-order valence-electron chi connectivity index (χ4n) is 2.28. The Kier molecular flexibility index (Phi) is 7.43. The van der Waals surface area contributed by atoms with Crippen LogP contribution in [0.3, 0.4) is 0 Å². The van der Waals surface area contributed by atoms with Crippen molar-refractivity contribution in [1.29, 1.82) is 0 Å². The summed E-state index contributed by atoms with van der Waals surface area (Å²) in [6.07, 6.45) is -3.18. The molecule has 1 N–H and O–H groups in total. The highest BCUT2D eigenvalue weighted by atomic mass is 35.5. The number of amides is 1. The zero-order chi connectivity index (χ0) is 18.4. The van der Waals surface area contributed by atoms with E-state index >= 15 is 0 Å². The molecule has 1 amide bonds. The molecule has 0 aromatic carbocycles. The number of halogens is 1. The minimum Gasteiger partial charge on any atom is -0.463 e.